The number of para-hydroxylation sites is 4. The van der Waals surface area contributed by atoms with Crippen molar-refractivity contribution in [3.8, 4) is 69.5 Å². The highest BCUT2D eigenvalue weighted by molar-refractivity contribution is 5.77. The Morgan fingerprint density at radius 2 is 0.525 bits per heavy atom. The zero-order valence-corrected chi connectivity index (χ0v) is 46.9. The van der Waals surface area contributed by atoms with Crippen molar-refractivity contribution in [2.24, 2.45) is 0 Å². The first-order valence-corrected chi connectivity index (χ1v) is 29.9. The zero-order valence-electron chi connectivity index (χ0n) is 46.9. The molecule has 12 heteroatoms. The van der Waals surface area contributed by atoms with Crippen LogP contribution >= 0.6 is 0 Å². The molecule has 0 atom stereocenters. The monoisotopic (exact) mass is 1080 g/mol. The van der Waals surface area contributed by atoms with Gasteiger partial charge in [-0.3, -0.25) is 0 Å². The van der Waals surface area contributed by atoms with Gasteiger partial charge in [0.15, 0.2) is 0 Å². The molecule has 80 heavy (non-hydrogen) atoms. The molecule has 0 unspecified atom stereocenters. The average molecular weight is 1080 g/mol. The van der Waals surface area contributed by atoms with E-state index in [1.54, 1.807) is 24.3 Å². The third-order valence-corrected chi connectivity index (χ3v) is 16.9. The largest absolute Gasteiger partial charge is 0.508 e. The molecule has 2 aliphatic heterocycles. The van der Waals surface area contributed by atoms with Gasteiger partial charge >= 0.3 is 0 Å². The van der Waals surface area contributed by atoms with E-state index in [0.29, 0.717) is 93.0 Å². The van der Waals surface area contributed by atoms with E-state index in [1.165, 1.54) is 0 Å². The molecule has 2 aromatic heterocycles. The molecular formula is C68H76N4O8. The molecule has 4 N–H and O–H groups in total. The molecule has 0 radical (unpaired) electrons. The quantitative estimate of drug-likeness (QED) is 0.0534. The lowest BCUT2D eigenvalue weighted by molar-refractivity contribution is 0.387. The molecule has 4 heterocycles. The van der Waals surface area contributed by atoms with E-state index in [-0.39, 0.29) is 58.4 Å². The van der Waals surface area contributed by atoms with Crippen molar-refractivity contribution in [2.45, 2.75) is 180 Å². The number of ether oxygens (including phenoxy) is 4. The van der Waals surface area contributed by atoms with Crippen LogP contribution in [0.25, 0.3) is 22.1 Å². The first-order chi connectivity index (χ1) is 39.1. The lowest BCUT2D eigenvalue weighted by Crippen LogP contribution is -2.12. The van der Waals surface area contributed by atoms with E-state index in [2.05, 4.69) is 52.0 Å². The molecule has 1 aliphatic carbocycles. The fraction of sp³-hybridized carbons (Fsp3) is 0.412. The van der Waals surface area contributed by atoms with Crippen LogP contribution in [0, 0.1) is 0 Å². The Labute approximate surface area is 470 Å². The second-order valence-corrected chi connectivity index (χ2v) is 22.5. The van der Waals surface area contributed by atoms with E-state index >= 15 is 0 Å². The summed E-state index contributed by atoms with van der Waals surface area (Å²) in [6, 6.07) is 30.4. The van der Waals surface area contributed by atoms with Gasteiger partial charge in [-0.15, -0.1) is 0 Å². The minimum absolute atomic E-state index is 0.0227. The van der Waals surface area contributed by atoms with Gasteiger partial charge in [-0.05, 0) is 74.2 Å². The Morgan fingerprint density at radius 1 is 0.300 bits per heavy atom. The van der Waals surface area contributed by atoms with E-state index in [9.17, 15) is 20.4 Å². The minimum atomic E-state index is -0.492. The van der Waals surface area contributed by atoms with Crippen molar-refractivity contribution in [3.63, 3.8) is 0 Å². The number of aromatic nitrogens is 4. The molecule has 0 amide bonds. The van der Waals surface area contributed by atoms with Crippen LogP contribution in [-0.4, -0.2) is 40.4 Å². The number of phenolic OH excluding ortho intramolecular Hbond substituents is 4. The maximum Gasteiger partial charge on any atom is 0.284 e. The summed E-state index contributed by atoms with van der Waals surface area (Å²) in [5.41, 5.74) is 8.33. The molecule has 0 fully saturated rings. The summed E-state index contributed by atoms with van der Waals surface area (Å²) in [5, 5.41) is 51.2. The lowest BCUT2D eigenvalue weighted by Gasteiger charge is -2.30. The van der Waals surface area contributed by atoms with Crippen molar-refractivity contribution in [1.82, 2.24) is 19.9 Å². The number of phenols is 4. The number of hydrogen-bond acceptors (Lipinski definition) is 12. The molecule has 0 spiro atoms. The van der Waals surface area contributed by atoms with Crippen LogP contribution in [0.3, 0.4) is 0 Å². The van der Waals surface area contributed by atoms with Gasteiger partial charge in [0.2, 0.25) is 0 Å². The molecule has 6 aromatic carbocycles. The van der Waals surface area contributed by atoms with Crippen molar-refractivity contribution in [3.05, 3.63) is 142 Å². The van der Waals surface area contributed by atoms with Gasteiger partial charge in [-0.25, -0.2) is 19.9 Å². The Morgan fingerprint density at radius 3 is 0.750 bits per heavy atom. The first-order valence-electron chi connectivity index (χ1n) is 29.9. The van der Waals surface area contributed by atoms with Gasteiger partial charge < -0.3 is 39.4 Å². The van der Waals surface area contributed by atoms with Crippen LogP contribution in [-0.2, 0) is 0 Å². The predicted octanol–water partition coefficient (Wildman–Crippen LogP) is 18.9. The Kier molecular flexibility index (Phi) is 16.6. The molecule has 8 aromatic rings. The number of nitrogens with zero attached hydrogens (tertiary/aromatic N) is 4. The molecule has 0 saturated carbocycles. The normalized spacial score (nSPS) is 16.9. The van der Waals surface area contributed by atoms with Crippen LogP contribution < -0.4 is 18.9 Å². The average Bonchev–Trinajstić information content (AvgIpc) is 3.59. The summed E-state index contributed by atoms with van der Waals surface area (Å²) < 4.78 is 27.8. The maximum absolute atomic E-state index is 12.8. The molecule has 3 aliphatic rings. The fourth-order valence-corrected chi connectivity index (χ4v) is 12.6. The summed E-state index contributed by atoms with van der Waals surface area (Å²) in [4.78, 5) is 19.9. The number of fused-ring (bicyclic) bond motifs is 8. The summed E-state index contributed by atoms with van der Waals surface area (Å²) in [7, 11) is 0. The van der Waals surface area contributed by atoms with Gasteiger partial charge in [0.1, 0.15) is 46.0 Å². The summed E-state index contributed by atoms with van der Waals surface area (Å²) in [6.07, 6.45) is 18.4. The van der Waals surface area contributed by atoms with Gasteiger partial charge in [-0.2, -0.15) is 0 Å². The SMILES string of the molecule is CCCCCCC1c2cc3c(cc2O)Oc2nc4ccccc4nc2Oc2cc(O)c(cc2C3CCCCCC)C(CCCCCC)c2cc3c(cc2O)Oc2nc4ccccc4nc2Oc2cc(O)c1cc2C3CCCCCC. The van der Waals surface area contributed by atoms with Crippen molar-refractivity contribution in [2.75, 3.05) is 0 Å². The topological polar surface area (TPSA) is 169 Å². The van der Waals surface area contributed by atoms with Crippen LogP contribution in [0.5, 0.6) is 69.5 Å². The van der Waals surface area contributed by atoms with Gasteiger partial charge in [0, 0.05) is 92.4 Å². The molecule has 0 saturated heterocycles. The summed E-state index contributed by atoms with van der Waals surface area (Å²) >= 11 is 0. The first kappa shape index (κ1) is 54.4. The molecule has 11 rings (SSSR count). The highest BCUT2D eigenvalue weighted by Gasteiger charge is 2.37. The van der Waals surface area contributed by atoms with Gasteiger partial charge in [-0.1, -0.05) is 155 Å². The molecule has 12 nitrogen and oxygen atoms in total. The highest BCUT2D eigenvalue weighted by Crippen LogP contribution is 2.56. The molecular weight excluding hydrogens is 1000 g/mol. The third kappa shape index (κ3) is 11.1. The highest BCUT2D eigenvalue weighted by atomic mass is 16.5. The molecule has 416 valence electrons. The summed E-state index contributed by atoms with van der Waals surface area (Å²) in [5.74, 6) is 0.476. The van der Waals surface area contributed by atoms with Crippen molar-refractivity contribution in [1.29, 1.82) is 0 Å². The van der Waals surface area contributed by atoms with Crippen LogP contribution in [0.15, 0.2) is 97.1 Å². The number of rotatable bonds is 20. The zero-order chi connectivity index (χ0) is 55.3. The number of benzene rings is 6. The Hall–Kier alpha value is -7.60. The fourth-order valence-electron chi connectivity index (χ4n) is 12.6. The molecule has 8 bridgehead atoms. The number of unbranched alkanes of at least 4 members (excludes halogenated alkanes) is 12. The van der Waals surface area contributed by atoms with E-state index in [1.807, 2.05) is 48.5 Å². The second kappa shape index (κ2) is 24.4. The van der Waals surface area contributed by atoms with Gasteiger partial charge in [0.05, 0.1) is 22.1 Å². The van der Waals surface area contributed by atoms with Crippen molar-refractivity contribution < 1.29 is 39.4 Å². The van der Waals surface area contributed by atoms with Crippen LogP contribution in [0.1, 0.15) is 224 Å². The van der Waals surface area contributed by atoms with E-state index in [0.717, 1.165) is 125 Å². The van der Waals surface area contributed by atoms with Crippen LogP contribution in [0.2, 0.25) is 0 Å². The van der Waals surface area contributed by atoms with E-state index in [4.69, 9.17) is 38.9 Å². The Balaban J connectivity index is 1.25. The predicted molar refractivity (Wildman–Crippen MR) is 314 cm³/mol. The second-order valence-electron chi connectivity index (χ2n) is 22.5. The maximum atomic E-state index is 12.8. The van der Waals surface area contributed by atoms with Crippen LogP contribution in [0.4, 0.5) is 0 Å². The standard InChI is InChI=1S/C68H76N4O8/c1-5-9-13-17-25-41-45-33-49-43(27-19-15-11-7-3)51-35-47(59(75)39-63(51)79-67-65(77-61(49)37-57(45)73)69-53-29-21-23-31-55(53)71-67)42(26-18-14-10-6-2)48-36-52-44(28-20-16-12-8-4)50-34-46(41)58(74)38-62(50)78-66-68(80-64(52)40-60(48)76)72-56-32-24-22-30-54(56)70-66/h21-24,29-44,73-76H,5-20,25-28H2,1-4H3. The van der Waals surface area contributed by atoms with E-state index < -0.39 is 11.8 Å². The third-order valence-electron chi connectivity index (χ3n) is 16.9. The Bertz CT molecular complexity index is 3090. The smallest absolute Gasteiger partial charge is 0.284 e. The lowest BCUT2D eigenvalue weighted by atomic mass is 9.76. The number of hydrogen-bond donors (Lipinski definition) is 4. The minimum Gasteiger partial charge on any atom is -0.508 e. The number of aromatic hydroxyl groups is 4. The van der Waals surface area contributed by atoms with Crippen molar-refractivity contribution >= 4 is 22.1 Å². The van der Waals surface area contributed by atoms with Gasteiger partial charge in [0.25, 0.3) is 23.5 Å². The summed E-state index contributed by atoms with van der Waals surface area (Å²) in [6.45, 7) is 8.82.